The fourth-order valence-electron chi connectivity index (χ4n) is 1.26. The van der Waals surface area contributed by atoms with Crippen LogP contribution in [0.5, 0.6) is 0 Å². The summed E-state index contributed by atoms with van der Waals surface area (Å²) in [5, 5.41) is 0. The van der Waals surface area contributed by atoms with E-state index < -0.39 is 0 Å². The van der Waals surface area contributed by atoms with Crippen molar-refractivity contribution in [3.05, 3.63) is 6.42 Å². The second kappa shape index (κ2) is 0.800. The van der Waals surface area contributed by atoms with Crippen LogP contribution in [0.2, 0.25) is 0 Å². The van der Waals surface area contributed by atoms with Crippen molar-refractivity contribution in [3.63, 3.8) is 0 Å². The molecular formula is C6H8. The molecule has 0 unspecified atom stereocenters. The molecule has 0 nitrogen and oxygen atoms in total. The van der Waals surface area contributed by atoms with Crippen LogP contribution in [0.1, 0.15) is 19.3 Å². The minimum absolute atomic E-state index is 1.10. The van der Waals surface area contributed by atoms with Crippen LogP contribution in [0.4, 0.5) is 0 Å². The Morgan fingerprint density at radius 1 is 1.17 bits per heavy atom. The molecule has 0 spiro atoms. The van der Waals surface area contributed by atoms with E-state index in [1.807, 2.05) is 0 Å². The molecule has 2 aliphatic rings. The summed E-state index contributed by atoms with van der Waals surface area (Å²) >= 11 is 0. The fraction of sp³-hybridized carbons (Fsp3) is 0.833. The summed E-state index contributed by atoms with van der Waals surface area (Å²) in [7, 11) is 0. The van der Waals surface area contributed by atoms with E-state index in [0.717, 1.165) is 11.8 Å². The molecule has 0 saturated heterocycles. The summed E-state index contributed by atoms with van der Waals surface area (Å²) in [6.07, 6.45) is 7.46. The van der Waals surface area contributed by atoms with E-state index in [4.69, 9.17) is 0 Å². The van der Waals surface area contributed by atoms with Crippen molar-refractivity contribution < 1.29 is 0 Å². The first-order valence-corrected chi connectivity index (χ1v) is 2.67. The largest absolute Gasteiger partial charge is 0.0470 e. The van der Waals surface area contributed by atoms with Crippen LogP contribution < -0.4 is 0 Å². The standard InChI is InChI=1S/C6H8/c1-2-5-4-6(5)3-1/h5-6H,2-4H2/t5-,6+. The van der Waals surface area contributed by atoms with Crippen LogP contribution in [0.3, 0.4) is 0 Å². The molecule has 2 aliphatic carbocycles. The molecule has 2 rings (SSSR count). The van der Waals surface area contributed by atoms with Gasteiger partial charge in [-0.3, -0.25) is 0 Å². The van der Waals surface area contributed by atoms with E-state index in [9.17, 15) is 0 Å². The van der Waals surface area contributed by atoms with Gasteiger partial charge in [-0.05, 0) is 37.5 Å². The third kappa shape index (κ3) is 0.250. The zero-order valence-corrected chi connectivity index (χ0v) is 3.78. The lowest BCUT2D eigenvalue weighted by atomic mass is 10.3. The van der Waals surface area contributed by atoms with E-state index in [1.165, 1.54) is 19.3 Å². The van der Waals surface area contributed by atoms with Gasteiger partial charge in [0.2, 0.25) is 0 Å². The van der Waals surface area contributed by atoms with E-state index in [2.05, 4.69) is 6.42 Å². The summed E-state index contributed by atoms with van der Waals surface area (Å²) < 4.78 is 0. The van der Waals surface area contributed by atoms with Gasteiger partial charge in [0.1, 0.15) is 0 Å². The molecule has 32 valence electrons. The molecule has 0 N–H and O–H groups in total. The fourth-order valence-corrected chi connectivity index (χ4v) is 1.26. The first kappa shape index (κ1) is 3.06. The van der Waals surface area contributed by atoms with Crippen LogP contribution in [-0.4, -0.2) is 0 Å². The topological polar surface area (TPSA) is 0 Å². The van der Waals surface area contributed by atoms with Gasteiger partial charge >= 0.3 is 0 Å². The smallest absolute Gasteiger partial charge is 0.0168 e. The summed E-state index contributed by atoms with van der Waals surface area (Å²) in [6.45, 7) is 0. The highest BCUT2D eigenvalue weighted by molar-refractivity contribution is 4.99. The van der Waals surface area contributed by atoms with E-state index in [0.29, 0.717) is 0 Å². The van der Waals surface area contributed by atoms with Gasteiger partial charge in [0, 0.05) is 0 Å². The minimum atomic E-state index is 1.10. The maximum Gasteiger partial charge on any atom is -0.0168 e. The molecule has 0 amide bonds. The molecule has 6 heavy (non-hydrogen) atoms. The molecule has 2 fully saturated rings. The van der Waals surface area contributed by atoms with Crippen LogP contribution in [0.25, 0.3) is 0 Å². The zero-order chi connectivity index (χ0) is 3.98. The maximum absolute atomic E-state index is 3.32. The monoisotopic (exact) mass is 80.1 g/mol. The van der Waals surface area contributed by atoms with Crippen molar-refractivity contribution in [1.82, 2.24) is 0 Å². The first-order chi connectivity index (χ1) is 2.97. The third-order valence-electron chi connectivity index (χ3n) is 1.88. The van der Waals surface area contributed by atoms with Gasteiger partial charge in [0.15, 0.2) is 0 Å². The highest BCUT2D eigenvalue weighted by Crippen LogP contribution is 2.50. The van der Waals surface area contributed by atoms with E-state index in [-0.39, 0.29) is 0 Å². The molecule has 0 aromatic carbocycles. The second-order valence-corrected chi connectivity index (χ2v) is 2.41. The second-order valence-electron chi connectivity index (χ2n) is 2.41. The Kier molecular flexibility index (Phi) is 0.408. The Labute approximate surface area is 38.6 Å². The Hall–Kier alpha value is 0. The Bertz CT molecular complexity index is 58.4. The zero-order valence-electron chi connectivity index (χ0n) is 3.78. The quantitative estimate of drug-likeness (QED) is 0.413. The van der Waals surface area contributed by atoms with Crippen molar-refractivity contribution in [2.45, 2.75) is 19.3 Å². The molecule has 2 radical (unpaired) electrons. The number of hydrogen-bond donors (Lipinski definition) is 0. The van der Waals surface area contributed by atoms with Crippen molar-refractivity contribution in [2.24, 2.45) is 11.8 Å². The predicted molar refractivity (Wildman–Crippen MR) is 24.1 cm³/mol. The molecule has 0 aromatic heterocycles. The summed E-state index contributed by atoms with van der Waals surface area (Å²) in [5.74, 6) is 2.20. The Balaban J connectivity index is 2.09. The van der Waals surface area contributed by atoms with E-state index in [1.54, 1.807) is 0 Å². The number of rotatable bonds is 0. The number of hydrogen-bond acceptors (Lipinski definition) is 0. The van der Waals surface area contributed by atoms with Crippen molar-refractivity contribution in [3.8, 4) is 0 Å². The van der Waals surface area contributed by atoms with Gasteiger partial charge in [-0.2, -0.15) is 0 Å². The average Bonchev–Trinajstić information content (AvgIpc) is 2.17. The summed E-state index contributed by atoms with van der Waals surface area (Å²) in [6, 6.07) is 0. The first-order valence-electron chi connectivity index (χ1n) is 2.67. The third-order valence-corrected chi connectivity index (χ3v) is 1.88. The van der Waals surface area contributed by atoms with Gasteiger partial charge in [0.25, 0.3) is 0 Å². The Morgan fingerprint density at radius 2 is 1.83 bits per heavy atom. The van der Waals surface area contributed by atoms with Crippen LogP contribution in [0.15, 0.2) is 0 Å². The highest BCUT2D eigenvalue weighted by Gasteiger charge is 2.40. The lowest BCUT2D eigenvalue weighted by molar-refractivity contribution is 0.834. The van der Waals surface area contributed by atoms with Gasteiger partial charge in [0.05, 0.1) is 0 Å². The van der Waals surface area contributed by atoms with Crippen LogP contribution in [-0.2, 0) is 0 Å². The Morgan fingerprint density at radius 3 is 2.00 bits per heavy atom. The van der Waals surface area contributed by atoms with Crippen molar-refractivity contribution >= 4 is 0 Å². The molecule has 0 aromatic rings. The van der Waals surface area contributed by atoms with Crippen LogP contribution in [0, 0.1) is 18.3 Å². The molecule has 2 saturated carbocycles. The van der Waals surface area contributed by atoms with Crippen molar-refractivity contribution in [2.75, 3.05) is 0 Å². The van der Waals surface area contributed by atoms with Crippen LogP contribution >= 0.6 is 0 Å². The molecule has 0 heterocycles. The lowest BCUT2D eigenvalue weighted by Gasteiger charge is -1.79. The normalized spacial score (nSPS) is 52.0. The van der Waals surface area contributed by atoms with Gasteiger partial charge in [-0.15, -0.1) is 0 Å². The molecule has 0 bridgehead atoms. The minimum Gasteiger partial charge on any atom is -0.0470 e. The predicted octanol–water partition coefficient (Wildman–Crippen LogP) is 1.50. The van der Waals surface area contributed by atoms with Crippen molar-refractivity contribution in [1.29, 1.82) is 0 Å². The molecule has 0 heteroatoms. The molecular weight excluding hydrogens is 72.1 g/mol. The molecule has 0 aliphatic heterocycles. The summed E-state index contributed by atoms with van der Waals surface area (Å²) in [4.78, 5) is 0. The van der Waals surface area contributed by atoms with Gasteiger partial charge in [-0.25, -0.2) is 0 Å². The highest BCUT2D eigenvalue weighted by atomic mass is 14.5. The SMILES string of the molecule is [C]1C[C@@H]2C[C@@H]2C1. The maximum atomic E-state index is 3.32. The average molecular weight is 80.1 g/mol. The van der Waals surface area contributed by atoms with Gasteiger partial charge in [-0.1, -0.05) is 0 Å². The summed E-state index contributed by atoms with van der Waals surface area (Å²) in [5.41, 5.74) is 0. The molecule has 2 atom stereocenters. The van der Waals surface area contributed by atoms with E-state index >= 15 is 0 Å². The van der Waals surface area contributed by atoms with Gasteiger partial charge < -0.3 is 0 Å². The lowest BCUT2D eigenvalue weighted by Crippen LogP contribution is -1.65. The number of fused-ring (bicyclic) bond motifs is 1.